The lowest BCUT2D eigenvalue weighted by Gasteiger charge is -1.86. The number of rotatable bonds is 2. The molecule has 5 nitrogen and oxygen atoms in total. The van der Waals surface area contributed by atoms with Gasteiger partial charge in [0.2, 0.25) is 0 Å². The van der Waals surface area contributed by atoms with Crippen molar-refractivity contribution in [3.05, 3.63) is 5.82 Å². The summed E-state index contributed by atoms with van der Waals surface area (Å²) in [5, 5.41) is 11.2. The molecule has 0 amide bonds. The molecule has 0 aliphatic rings. The van der Waals surface area contributed by atoms with E-state index in [4.69, 9.17) is 4.74 Å². The Balaban J connectivity index is 2.61. The van der Waals surface area contributed by atoms with Gasteiger partial charge in [-0.25, -0.2) is 0 Å². The predicted molar refractivity (Wildman–Crippen MR) is 29.5 cm³/mol. The summed E-state index contributed by atoms with van der Waals surface area (Å²) in [5.74, 6) is 0.611. The van der Waals surface area contributed by atoms with Gasteiger partial charge in [0, 0.05) is 7.11 Å². The first-order valence-electron chi connectivity index (χ1n) is 2.54. The van der Waals surface area contributed by atoms with Crippen LogP contribution in [0.1, 0.15) is 5.82 Å². The third-order valence-corrected chi connectivity index (χ3v) is 0.823. The van der Waals surface area contributed by atoms with E-state index in [9.17, 15) is 0 Å². The Morgan fingerprint density at radius 1 is 1.67 bits per heavy atom. The largest absolute Gasteiger partial charge is 0.377 e. The smallest absolute Gasteiger partial charge is 0.200 e. The van der Waals surface area contributed by atoms with E-state index in [0.29, 0.717) is 12.4 Å². The summed E-state index contributed by atoms with van der Waals surface area (Å²) in [6, 6.07) is 0. The van der Waals surface area contributed by atoms with Crippen LogP contribution in [0.3, 0.4) is 0 Å². The van der Waals surface area contributed by atoms with Gasteiger partial charge in [-0.1, -0.05) is 0 Å². The second kappa shape index (κ2) is 2.54. The minimum Gasteiger partial charge on any atom is -0.377 e. The molecule has 9 heavy (non-hydrogen) atoms. The SMILES string of the molecule is COCc1nnn(C)n1. The molecule has 5 heteroatoms. The maximum absolute atomic E-state index is 4.76. The van der Waals surface area contributed by atoms with Crippen molar-refractivity contribution in [1.82, 2.24) is 20.2 Å². The van der Waals surface area contributed by atoms with Gasteiger partial charge in [-0.2, -0.15) is 4.80 Å². The number of aromatic nitrogens is 4. The van der Waals surface area contributed by atoms with Gasteiger partial charge in [-0.3, -0.25) is 0 Å². The molecular formula is C4H8N4O. The van der Waals surface area contributed by atoms with Crippen molar-refractivity contribution >= 4 is 0 Å². The van der Waals surface area contributed by atoms with Crippen molar-refractivity contribution in [2.75, 3.05) is 7.11 Å². The summed E-state index contributed by atoms with van der Waals surface area (Å²) < 4.78 is 4.76. The Labute approximate surface area is 52.6 Å². The minimum atomic E-state index is 0.424. The first-order chi connectivity index (χ1) is 4.33. The van der Waals surface area contributed by atoms with Crippen LogP contribution in [0.5, 0.6) is 0 Å². The van der Waals surface area contributed by atoms with Gasteiger partial charge in [0.1, 0.15) is 6.61 Å². The summed E-state index contributed by atoms with van der Waals surface area (Å²) in [6.45, 7) is 0.424. The molecule has 1 rings (SSSR count). The lowest BCUT2D eigenvalue weighted by Crippen LogP contribution is -1.94. The highest BCUT2D eigenvalue weighted by Crippen LogP contribution is 1.85. The Bertz CT molecular complexity index is 184. The Morgan fingerprint density at radius 3 is 2.89 bits per heavy atom. The van der Waals surface area contributed by atoms with Gasteiger partial charge in [0.05, 0.1) is 7.05 Å². The van der Waals surface area contributed by atoms with E-state index in [1.54, 1.807) is 14.2 Å². The summed E-state index contributed by atoms with van der Waals surface area (Å²) >= 11 is 0. The molecule has 0 spiro atoms. The number of tetrazole rings is 1. The highest BCUT2D eigenvalue weighted by Gasteiger charge is 1.95. The molecule has 1 aromatic heterocycles. The van der Waals surface area contributed by atoms with E-state index in [0.717, 1.165) is 0 Å². The molecule has 0 aliphatic heterocycles. The fraction of sp³-hybridized carbons (Fsp3) is 0.750. The molecule has 0 aliphatic carbocycles. The Morgan fingerprint density at radius 2 is 2.44 bits per heavy atom. The Kier molecular flexibility index (Phi) is 1.74. The van der Waals surface area contributed by atoms with E-state index >= 15 is 0 Å². The average molecular weight is 128 g/mol. The van der Waals surface area contributed by atoms with Crippen LogP contribution in [-0.4, -0.2) is 27.3 Å². The zero-order chi connectivity index (χ0) is 6.69. The van der Waals surface area contributed by atoms with Crippen molar-refractivity contribution < 1.29 is 4.74 Å². The monoisotopic (exact) mass is 128 g/mol. The summed E-state index contributed by atoms with van der Waals surface area (Å²) in [7, 11) is 3.31. The molecule has 0 saturated heterocycles. The lowest BCUT2D eigenvalue weighted by molar-refractivity contribution is 0.177. The number of nitrogens with zero attached hydrogens (tertiary/aromatic N) is 4. The van der Waals surface area contributed by atoms with Crippen LogP contribution in [0.25, 0.3) is 0 Å². The summed E-state index contributed by atoms with van der Waals surface area (Å²) in [4.78, 5) is 1.40. The zero-order valence-corrected chi connectivity index (χ0v) is 5.40. The van der Waals surface area contributed by atoms with Crippen LogP contribution in [0.2, 0.25) is 0 Å². The molecule has 0 unspecified atom stereocenters. The van der Waals surface area contributed by atoms with Crippen molar-refractivity contribution in [2.24, 2.45) is 7.05 Å². The van der Waals surface area contributed by atoms with Crippen molar-refractivity contribution in [3.63, 3.8) is 0 Å². The van der Waals surface area contributed by atoms with E-state index < -0.39 is 0 Å². The van der Waals surface area contributed by atoms with E-state index in [1.807, 2.05) is 0 Å². The van der Waals surface area contributed by atoms with E-state index in [1.165, 1.54) is 4.80 Å². The van der Waals surface area contributed by atoms with Gasteiger partial charge < -0.3 is 4.74 Å². The normalized spacial score (nSPS) is 10.0. The fourth-order valence-corrected chi connectivity index (χ4v) is 0.510. The molecule has 0 bridgehead atoms. The molecule has 0 atom stereocenters. The van der Waals surface area contributed by atoms with Crippen LogP contribution in [0.15, 0.2) is 0 Å². The topological polar surface area (TPSA) is 52.8 Å². The van der Waals surface area contributed by atoms with Gasteiger partial charge in [-0.15, -0.1) is 10.2 Å². The number of ether oxygens (including phenoxy) is 1. The molecule has 0 aromatic carbocycles. The fourth-order valence-electron chi connectivity index (χ4n) is 0.510. The number of hydrogen-bond acceptors (Lipinski definition) is 4. The van der Waals surface area contributed by atoms with Crippen molar-refractivity contribution in [3.8, 4) is 0 Å². The molecule has 50 valence electrons. The number of hydrogen-bond donors (Lipinski definition) is 0. The minimum absolute atomic E-state index is 0.424. The van der Waals surface area contributed by atoms with Crippen LogP contribution < -0.4 is 0 Å². The van der Waals surface area contributed by atoms with Crippen LogP contribution in [-0.2, 0) is 18.4 Å². The van der Waals surface area contributed by atoms with Crippen LogP contribution in [0.4, 0.5) is 0 Å². The second-order valence-electron chi connectivity index (χ2n) is 1.63. The molecule has 1 aromatic rings. The van der Waals surface area contributed by atoms with E-state index in [-0.39, 0.29) is 0 Å². The Hall–Kier alpha value is -0.970. The highest BCUT2D eigenvalue weighted by atomic mass is 16.5. The lowest BCUT2D eigenvalue weighted by atomic mass is 10.7. The third kappa shape index (κ3) is 1.46. The predicted octanol–water partition coefficient (Wildman–Crippen LogP) is -0.644. The third-order valence-electron chi connectivity index (χ3n) is 0.823. The van der Waals surface area contributed by atoms with E-state index in [2.05, 4.69) is 15.4 Å². The molecule has 0 fully saturated rings. The standard InChI is InChI=1S/C4H8N4O/c1-8-6-4(3-9-2)5-7-8/h3H2,1-2H3. The van der Waals surface area contributed by atoms with Crippen LogP contribution >= 0.6 is 0 Å². The second-order valence-corrected chi connectivity index (χ2v) is 1.63. The molecule has 0 radical (unpaired) electrons. The first-order valence-corrected chi connectivity index (χ1v) is 2.54. The summed E-state index contributed by atoms with van der Waals surface area (Å²) in [5.41, 5.74) is 0. The quantitative estimate of drug-likeness (QED) is 0.531. The molecular weight excluding hydrogens is 120 g/mol. The van der Waals surface area contributed by atoms with Crippen molar-refractivity contribution in [1.29, 1.82) is 0 Å². The average Bonchev–Trinajstić information content (AvgIpc) is 2.17. The summed E-state index contributed by atoms with van der Waals surface area (Å²) in [6.07, 6.45) is 0. The maximum atomic E-state index is 4.76. The number of aryl methyl sites for hydroxylation is 1. The number of methoxy groups -OCH3 is 1. The molecule has 0 saturated carbocycles. The van der Waals surface area contributed by atoms with Crippen molar-refractivity contribution in [2.45, 2.75) is 6.61 Å². The molecule has 0 N–H and O–H groups in total. The highest BCUT2D eigenvalue weighted by molar-refractivity contribution is 4.70. The zero-order valence-electron chi connectivity index (χ0n) is 5.40. The maximum Gasteiger partial charge on any atom is 0.200 e. The molecule has 1 heterocycles. The van der Waals surface area contributed by atoms with Gasteiger partial charge >= 0.3 is 0 Å². The van der Waals surface area contributed by atoms with Crippen LogP contribution in [0, 0.1) is 0 Å². The van der Waals surface area contributed by atoms with Gasteiger partial charge in [-0.05, 0) is 5.21 Å². The first kappa shape index (κ1) is 6.15. The van der Waals surface area contributed by atoms with Gasteiger partial charge in [0.15, 0.2) is 5.82 Å². The van der Waals surface area contributed by atoms with Gasteiger partial charge in [0.25, 0.3) is 0 Å².